The lowest BCUT2D eigenvalue weighted by Gasteiger charge is -2.31. The van der Waals surface area contributed by atoms with Crippen LogP contribution >= 0.6 is 0 Å². The summed E-state index contributed by atoms with van der Waals surface area (Å²) in [6, 6.07) is 4.18. The molecule has 1 aliphatic carbocycles. The summed E-state index contributed by atoms with van der Waals surface area (Å²) in [7, 11) is 0. The van der Waals surface area contributed by atoms with Gasteiger partial charge in [-0.25, -0.2) is 10.3 Å². The number of benzene rings is 1. The number of rotatable bonds is 7. The van der Waals surface area contributed by atoms with E-state index in [2.05, 4.69) is 5.32 Å². The van der Waals surface area contributed by atoms with Gasteiger partial charge in [0.1, 0.15) is 12.6 Å². The first-order valence-corrected chi connectivity index (χ1v) is 11.2. The number of anilines is 1. The number of hydrogen-bond donors (Lipinski definition) is 3. The molecule has 0 radical (unpaired) electrons. The maximum absolute atomic E-state index is 13.3. The Hall–Kier alpha value is -3.01. The number of hydrogen-bond acceptors (Lipinski definition) is 6. The predicted octanol–water partition coefficient (Wildman–Crippen LogP) is 2.33. The zero-order valence-corrected chi connectivity index (χ0v) is 18.0. The van der Waals surface area contributed by atoms with Crippen LogP contribution in [-0.2, 0) is 9.59 Å². The van der Waals surface area contributed by atoms with Crippen molar-refractivity contribution < 1.29 is 29.1 Å². The summed E-state index contributed by atoms with van der Waals surface area (Å²) in [6.45, 7) is 0.771. The molecule has 1 aromatic carbocycles. The first-order valence-electron chi connectivity index (χ1n) is 11.2. The number of ether oxygens (including phenoxy) is 2. The highest BCUT2D eigenvalue weighted by molar-refractivity contribution is 5.98. The molecule has 2 fully saturated rings. The van der Waals surface area contributed by atoms with Crippen LogP contribution < -0.4 is 20.3 Å². The third kappa shape index (κ3) is 5.07. The number of hydroxylamine groups is 1. The van der Waals surface area contributed by atoms with Gasteiger partial charge in [0.05, 0.1) is 0 Å². The minimum Gasteiger partial charge on any atom is -0.454 e. The first-order chi connectivity index (χ1) is 15.5. The second-order valence-corrected chi connectivity index (χ2v) is 8.59. The third-order valence-electron chi connectivity index (χ3n) is 6.45. The number of nitrogens with zero attached hydrogens (tertiary/aromatic N) is 2. The van der Waals surface area contributed by atoms with Crippen LogP contribution in [0.5, 0.6) is 11.5 Å². The molecule has 2 aliphatic heterocycles. The Morgan fingerprint density at radius 2 is 1.88 bits per heavy atom. The molecule has 4 amide bonds. The quantitative estimate of drug-likeness (QED) is 0.437. The smallest absolute Gasteiger partial charge is 0.321 e. The fraction of sp³-hybridized carbons (Fsp3) is 0.591. The van der Waals surface area contributed by atoms with Gasteiger partial charge in [-0.15, -0.1) is 0 Å². The summed E-state index contributed by atoms with van der Waals surface area (Å²) in [5, 5.41) is 11.8. The molecule has 0 unspecified atom stereocenters. The van der Waals surface area contributed by atoms with Crippen LogP contribution in [0.2, 0.25) is 0 Å². The lowest BCUT2D eigenvalue weighted by Crippen LogP contribution is -2.51. The van der Waals surface area contributed by atoms with Gasteiger partial charge in [0.25, 0.3) is 5.91 Å². The Kier molecular flexibility index (Phi) is 6.99. The SMILES string of the molecule is O=C(CN(CCC1CCCC1)C(=O)N1CCC[C@H]1C(=O)Nc1ccc2c(c1)OCO2)NO. The van der Waals surface area contributed by atoms with Crippen LogP contribution in [0.25, 0.3) is 0 Å². The van der Waals surface area contributed by atoms with Gasteiger partial charge in [-0.2, -0.15) is 0 Å². The second kappa shape index (κ2) is 10.1. The Labute approximate surface area is 186 Å². The summed E-state index contributed by atoms with van der Waals surface area (Å²) in [6.07, 6.45) is 6.73. The minimum atomic E-state index is -0.648. The molecule has 1 atom stereocenters. The van der Waals surface area contributed by atoms with E-state index in [0.717, 1.165) is 19.3 Å². The van der Waals surface area contributed by atoms with E-state index in [1.54, 1.807) is 23.7 Å². The van der Waals surface area contributed by atoms with Crippen molar-refractivity contribution in [1.82, 2.24) is 15.3 Å². The molecule has 0 aromatic heterocycles. The minimum absolute atomic E-state index is 0.149. The van der Waals surface area contributed by atoms with Crippen LogP contribution in [0.15, 0.2) is 18.2 Å². The van der Waals surface area contributed by atoms with Gasteiger partial charge in [0.2, 0.25) is 12.7 Å². The second-order valence-electron chi connectivity index (χ2n) is 8.59. The molecular weight excluding hydrogens is 416 g/mol. The molecule has 1 aromatic rings. The maximum atomic E-state index is 13.3. The van der Waals surface area contributed by atoms with E-state index in [0.29, 0.717) is 49.0 Å². The van der Waals surface area contributed by atoms with Crippen molar-refractivity contribution in [3.05, 3.63) is 18.2 Å². The summed E-state index contributed by atoms with van der Waals surface area (Å²) in [5.74, 6) is 0.810. The van der Waals surface area contributed by atoms with Gasteiger partial charge in [-0.3, -0.25) is 14.8 Å². The number of carbonyl (C=O) groups is 3. The fourth-order valence-corrected chi connectivity index (χ4v) is 4.74. The number of carbonyl (C=O) groups excluding carboxylic acids is 3. The van der Waals surface area contributed by atoms with Crippen LogP contribution in [0, 0.1) is 5.92 Å². The van der Waals surface area contributed by atoms with Crippen molar-refractivity contribution in [2.45, 2.75) is 51.0 Å². The standard InChI is InChI=1S/C22H30N4O6/c27-20(24-30)13-25(11-9-15-4-1-2-5-15)22(29)26-10-3-6-17(26)21(28)23-16-7-8-18-19(12-16)32-14-31-18/h7-8,12,15,17,30H,1-6,9-11,13-14H2,(H,23,28)(H,24,27)/t17-/m0/s1. The molecule has 3 N–H and O–H groups in total. The van der Waals surface area contributed by atoms with Crippen molar-refractivity contribution in [3.8, 4) is 11.5 Å². The first kappa shape index (κ1) is 22.2. The molecule has 4 rings (SSSR count). The third-order valence-corrected chi connectivity index (χ3v) is 6.45. The monoisotopic (exact) mass is 446 g/mol. The van der Waals surface area contributed by atoms with E-state index in [1.807, 2.05) is 0 Å². The van der Waals surface area contributed by atoms with Crippen LogP contribution in [0.4, 0.5) is 10.5 Å². The topological polar surface area (TPSA) is 120 Å². The number of amides is 4. The predicted molar refractivity (Wildman–Crippen MR) is 114 cm³/mol. The van der Waals surface area contributed by atoms with Crippen molar-refractivity contribution >= 4 is 23.5 Å². The van der Waals surface area contributed by atoms with Crippen molar-refractivity contribution in [3.63, 3.8) is 0 Å². The highest BCUT2D eigenvalue weighted by Gasteiger charge is 2.37. The molecule has 2 heterocycles. The van der Waals surface area contributed by atoms with Gasteiger partial charge < -0.3 is 24.6 Å². The van der Waals surface area contributed by atoms with Crippen molar-refractivity contribution in [2.24, 2.45) is 5.92 Å². The van der Waals surface area contributed by atoms with E-state index in [4.69, 9.17) is 14.7 Å². The summed E-state index contributed by atoms with van der Waals surface area (Å²) < 4.78 is 10.6. The van der Waals surface area contributed by atoms with Gasteiger partial charge in [0, 0.05) is 24.8 Å². The van der Waals surface area contributed by atoms with Gasteiger partial charge in [-0.1, -0.05) is 25.7 Å². The fourth-order valence-electron chi connectivity index (χ4n) is 4.74. The number of likely N-dealkylation sites (tertiary alicyclic amines) is 1. The van der Waals surface area contributed by atoms with Gasteiger partial charge in [-0.05, 0) is 37.3 Å². The average molecular weight is 447 g/mol. The highest BCUT2D eigenvalue weighted by Crippen LogP contribution is 2.34. The number of fused-ring (bicyclic) bond motifs is 1. The van der Waals surface area contributed by atoms with E-state index in [9.17, 15) is 14.4 Å². The highest BCUT2D eigenvalue weighted by atomic mass is 16.7. The lowest BCUT2D eigenvalue weighted by atomic mass is 10.0. The largest absolute Gasteiger partial charge is 0.454 e. The van der Waals surface area contributed by atoms with E-state index < -0.39 is 11.9 Å². The Balaban J connectivity index is 1.41. The van der Waals surface area contributed by atoms with E-state index >= 15 is 0 Å². The van der Waals surface area contributed by atoms with Crippen molar-refractivity contribution in [1.29, 1.82) is 0 Å². The molecular formula is C22H30N4O6. The van der Waals surface area contributed by atoms with E-state index in [-0.39, 0.29) is 25.3 Å². The molecule has 174 valence electrons. The average Bonchev–Trinajstić information content (AvgIpc) is 3.56. The Bertz CT molecular complexity index is 857. The zero-order valence-electron chi connectivity index (χ0n) is 18.0. The Morgan fingerprint density at radius 3 is 2.66 bits per heavy atom. The van der Waals surface area contributed by atoms with Crippen LogP contribution in [0.1, 0.15) is 44.9 Å². The number of urea groups is 1. The van der Waals surface area contributed by atoms with E-state index in [1.165, 1.54) is 22.6 Å². The normalized spacial score (nSPS) is 19.8. The van der Waals surface area contributed by atoms with Gasteiger partial charge >= 0.3 is 6.03 Å². The molecule has 3 aliphatic rings. The molecule has 1 saturated carbocycles. The molecule has 1 saturated heterocycles. The summed E-state index contributed by atoms with van der Waals surface area (Å²) in [4.78, 5) is 41.1. The summed E-state index contributed by atoms with van der Waals surface area (Å²) >= 11 is 0. The van der Waals surface area contributed by atoms with Gasteiger partial charge in [0.15, 0.2) is 11.5 Å². The van der Waals surface area contributed by atoms with Crippen LogP contribution in [0.3, 0.4) is 0 Å². The molecule has 0 spiro atoms. The molecule has 10 nitrogen and oxygen atoms in total. The summed E-state index contributed by atoms with van der Waals surface area (Å²) in [5.41, 5.74) is 2.17. The Morgan fingerprint density at radius 1 is 1.09 bits per heavy atom. The molecule has 32 heavy (non-hydrogen) atoms. The lowest BCUT2D eigenvalue weighted by molar-refractivity contribution is -0.129. The number of nitrogens with one attached hydrogen (secondary N) is 2. The zero-order chi connectivity index (χ0) is 22.5. The van der Waals surface area contributed by atoms with Crippen molar-refractivity contribution in [2.75, 3.05) is 31.7 Å². The molecule has 0 bridgehead atoms. The maximum Gasteiger partial charge on any atom is 0.321 e. The molecule has 10 heteroatoms. The van der Waals surface area contributed by atoms with Crippen LogP contribution in [-0.4, -0.2) is 65.3 Å².